The number of rotatable bonds is 4. The van der Waals surface area contributed by atoms with E-state index in [1.54, 1.807) is 20.3 Å². The monoisotopic (exact) mass is 343 g/mol. The average Bonchev–Trinajstić information content (AvgIpc) is 2.67. The molecule has 2 aromatic rings. The number of nitrogens with zero attached hydrogens (tertiary/aromatic N) is 1. The zero-order valence-corrected chi connectivity index (χ0v) is 14.7. The fraction of sp³-hybridized carbons (Fsp3) is 0.316. The number of methoxy groups -OCH3 is 2. The van der Waals surface area contributed by atoms with Crippen LogP contribution < -0.4 is 9.47 Å². The van der Waals surface area contributed by atoms with Gasteiger partial charge >= 0.3 is 0 Å². The van der Waals surface area contributed by atoms with E-state index in [9.17, 15) is 4.79 Å². The molecule has 1 unspecified atom stereocenters. The lowest BCUT2D eigenvalue weighted by atomic mass is 10.1. The maximum absolute atomic E-state index is 12.8. The van der Waals surface area contributed by atoms with E-state index >= 15 is 0 Å². The van der Waals surface area contributed by atoms with Crippen molar-refractivity contribution >= 4 is 17.7 Å². The van der Waals surface area contributed by atoms with Gasteiger partial charge in [-0.1, -0.05) is 18.2 Å². The van der Waals surface area contributed by atoms with Gasteiger partial charge in [0, 0.05) is 29.7 Å². The van der Waals surface area contributed by atoms with Gasteiger partial charge in [0.25, 0.3) is 5.91 Å². The molecule has 1 saturated heterocycles. The van der Waals surface area contributed by atoms with E-state index in [2.05, 4.69) is 12.1 Å². The third kappa shape index (κ3) is 3.67. The van der Waals surface area contributed by atoms with Gasteiger partial charge in [-0.25, -0.2) is 0 Å². The van der Waals surface area contributed by atoms with Crippen molar-refractivity contribution in [2.75, 3.05) is 33.1 Å². The summed E-state index contributed by atoms with van der Waals surface area (Å²) in [6.45, 7) is 1.49. The molecule has 24 heavy (non-hydrogen) atoms. The Bertz CT molecular complexity index is 702. The lowest BCUT2D eigenvalue weighted by molar-refractivity contribution is 0.0761. The van der Waals surface area contributed by atoms with Gasteiger partial charge in [0.05, 0.1) is 14.2 Å². The van der Waals surface area contributed by atoms with Crippen molar-refractivity contribution in [1.82, 2.24) is 4.90 Å². The molecule has 1 heterocycles. The van der Waals surface area contributed by atoms with Gasteiger partial charge < -0.3 is 14.4 Å². The minimum atomic E-state index is 0.0627. The van der Waals surface area contributed by atoms with E-state index < -0.39 is 0 Å². The Morgan fingerprint density at radius 1 is 1.08 bits per heavy atom. The number of hydrogen-bond acceptors (Lipinski definition) is 4. The summed E-state index contributed by atoms with van der Waals surface area (Å²) in [7, 11) is 3.28. The van der Waals surface area contributed by atoms with E-state index in [-0.39, 0.29) is 5.91 Å². The van der Waals surface area contributed by atoms with Gasteiger partial charge in [0.15, 0.2) is 0 Å². The predicted molar refractivity (Wildman–Crippen MR) is 97.1 cm³/mol. The van der Waals surface area contributed by atoms with Gasteiger partial charge in [-0.2, -0.15) is 11.8 Å². The molecule has 5 heteroatoms. The highest BCUT2D eigenvalue weighted by Crippen LogP contribution is 2.34. The van der Waals surface area contributed by atoms with E-state index in [4.69, 9.17) is 9.47 Å². The molecule has 0 aromatic heterocycles. The standard InChI is InChI=1S/C19H21NO3S/c1-22-16-8-6-14(7-9-16)18-13-20(10-11-24-18)19(21)15-4-3-5-17(12-15)23-2/h3-9,12,18H,10-11,13H2,1-2H3. The van der Waals surface area contributed by atoms with Crippen molar-refractivity contribution in [3.8, 4) is 11.5 Å². The van der Waals surface area contributed by atoms with Crippen molar-refractivity contribution in [2.24, 2.45) is 0 Å². The van der Waals surface area contributed by atoms with Crippen LogP contribution in [0.3, 0.4) is 0 Å². The molecule has 0 aliphatic carbocycles. The first kappa shape index (κ1) is 16.7. The Kier molecular flexibility index (Phi) is 5.30. The van der Waals surface area contributed by atoms with Gasteiger partial charge in [0.1, 0.15) is 11.5 Å². The molecule has 1 fully saturated rings. The summed E-state index contributed by atoms with van der Waals surface area (Å²) in [4.78, 5) is 14.7. The second-order valence-electron chi connectivity index (χ2n) is 5.62. The Labute approximate surface area is 146 Å². The molecule has 0 N–H and O–H groups in total. The van der Waals surface area contributed by atoms with Crippen molar-refractivity contribution in [2.45, 2.75) is 5.25 Å². The van der Waals surface area contributed by atoms with Crippen LogP contribution in [0.4, 0.5) is 0 Å². The fourth-order valence-corrected chi connectivity index (χ4v) is 4.04. The Morgan fingerprint density at radius 3 is 2.54 bits per heavy atom. The minimum Gasteiger partial charge on any atom is -0.497 e. The van der Waals surface area contributed by atoms with E-state index in [1.165, 1.54) is 5.56 Å². The summed E-state index contributed by atoms with van der Waals surface area (Å²) in [5, 5.41) is 0.291. The molecule has 0 radical (unpaired) electrons. The molecule has 4 nitrogen and oxygen atoms in total. The van der Waals surface area contributed by atoms with Crippen molar-refractivity contribution in [3.63, 3.8) is 0 Å². The van der Waals surface area contributed by atoms with Crippen LogP contribution in [-0.2, 0) is 0 Å². The van der Waals surface area contributed by atoms with E-state index in [1.807, 2.05) is 47.0 Å². The molecule has 0 spiro atoms. The lowest BCUT2D eigenvalue weighted by Gasteiger charge is -2.32. The molecule has 1 aliphatic rings. The van der Waals surface area contributed by atoms with Crippen LogP contribution >= 0.6 is 11.8 Å². The number of amides is 1. The number of thioether (sulfide) groups is 1. The number of carbonyl (C=O) groups excluding carboxylic acids is 1. The largest absolute Gasteiger partial charge is 0.497 e. The van der Waals surface area contributed by atoms with Crippen molar-refractivity contribution < 1.29 is 14.3 Å². The maximum atomic E-state index is 12.8. The van der Waals surface area contributed by atoms with E-state index in [0.29, 0.717) is 23.1 Å². The summed E-state index contributed by atoms with van der Waals surface area (Å²) in [6.07, 6.45) is 0. The summed E-state index contributed by atoms with van der Waals surface area (Å²) in [6, 6.07) is 15.4. The summed E-state index contributed by atoms with van der Waals surface area (Å²) >= 11 is 1.89. The summed E-state index contributed by atoms with van der Waals surface area (Å²) < 4.78 is 10.4. The summed E-state index contributed by atoms with van der Waals surface area (Å²) in [5.74, 6) is 2.56. The van der Waals surface area contributed by atoms with Crippen LogP contribution in [0, 0.1) is 0 Å². The minimum absolute atomic E-state index is 0.0627. The molecule has 3 rings (SSSR count). The SMILES string of the molecule is COc1ccc(C2CN(C(=O)c3cccc(OC)c3)CCS2)cc1. The molecule has 0 bridgehead atoms. The zero-order chi connectivity index (χ0) is 16.9. The third-order valence-electron chi connectivity index (χ3n) is 4.16. The van der Waals surface area contributed by atoms with Crippen molar-refractivity contribution in [3.05, 3.63) is 59.7 Å². The number of hydrogen-bond donors (Lipinski definition) is 0. The number of ether oxygens (including phenoxy) is 2. The van der Waals surface area contributed by atoms with Gasteiger partial charge in [0.2, 0.25) is 0 Å². The van der Waals surface area contributed by atoms with Crippen LogP contribution in [0.5, 0.6) is 11.5 Å². The fourth-order valence-electron chi connectivity index (χ4n) is 2.79. The number of carbonyl (C=O) groups is 1. The zero-order valence-electron chi connectivity index (χ0n) is 13.9. The topological polar surface area (TPSA) is 38.8 Å². The van der Waals surface area contributed by atoms with E-state index in [0.717, 1.165) is 18.0 Å². The maximum Gasteiger partial charge on any atom is 0.254 e. The lowest BCUT2D eigenvalue weighted by Crippen LogP contribution is -2.39. The highest BCUT2D eigenvalue weighted by molar-refractivity contribution is 7.99. The molecular weight excluding hydrogens is 322 g/mol. The second kappa shape index (κ2) is 7.62. The molecule has 2 aromatic carbocycles. The Balaban J connectivity index is 1.73. The molecular formula is C19H21NO3S. The van der Waals surface area contributed by atoms with Crippen LogP contribution in [0.2, 0.25) is 0 Å². The van der Waals surface area contributed by atoms with Crippen LogP contribution in [0.15, 0.2) is 48.5 Å². The highest BCUT2D eigenvalue weighted by Gasteiger charge is 2.26. The molecule has 0 saturated carbocycles. The molecule has 1 atom stereocenters. The quantitative estimate of drug-likeness (QED) is 0.850. The summed E-state index contributed by atoms with van der Waals surface area (Å²) in [5.41, 5.74) is 1.90. The molecule has 126 valence electrons. The van der Waals surface area contributed by atoms with Gasteiger partial charge in [-0.3, -0.25) is 4.79 Å². The molecule has 1 amide bonds. The third-order valence-corrected chi connectivity index (χ3v) is 5.40. The highest BCUT2D eigenvalue weighted by atomic mass is 32.2. The van der Waals surface area contributed by atoms with Crippen LogP contribution in [0.1, 0.15) is 21.2 Å². The first-order valence-corrected chi connectivity index (χ1v) is 8.95. The smallest absolute Gasteiger partial charge is 0.254 e. The normalized spacial score (nSPS) is 17.4. The van der Waals surface area contributed by atoms with Gasteiger partial charge in [-0.15, -0.1) is 0 Å². The van der Waals surface area contributed by atoms with Crippen LogP contribution in [-0.4, -0.2) is 43.9 Å². The molecule has 1 aliphatic heterocycles. The van der Waals surface area contributed by atoms with Gasteiger partial charge in [-0.05, 0) is 35.9 Å². The van der Waals surface area contributed by atoms with Crippen molar-refractivity contribution in [1.29, 1.82) is 0 Å². The first-order valence-electron chi connectivity index (χ1n) is 7.90. The Hall–Kier alpha value is -2.14. The first-order chi connectivity index (χ1) is 11.7. The average molecular weight is 343 g/mol. The Morgan fingerprint density at radius 2 is 1.83 bits per heavy atom. The van der Waals surface area contributed by atoms with Crippen LogP contribution in [0.25, 0.3) is 0 Å². The second-order valence-corrected chi connectivity index (χ2v) is 6.93. The predicted octanol–water partition coefficient (Wildman–Crippen LogP) is 3.63. The number of benzene rings is 2.